The summed E-state index contributed by atoms with van der Waals surface area (Å²) >= 11 is 0. The van der Waals surface area contributed by atoms with Crippen molar-refractivity contribution in [1.29, 1.82) is 0 Å². The average Bonchev–Trinajstić information content (AvgIpc) is 3.82. The molecule has 0 aromatic carbocycles. The molecule has 8 rings (SSSR count). The first-order valence-electron chi connectivity index (χ1n) is 19.2. The molecule has 2 aromatic heterocycles. The van der Waals surface area contributed by atoms with Gasteiger partial charge in [-0.05, 0) is 147 Å². The van der Waals surface area contributed by atoms with Crippen LogP contribution in [0.1, 0.15) is 131 Å². The monoisotopic (exact) mass is 654 g/mol. The van der Waals surface area contributed by atoms with Gasteiger partial charge in [0.1, 0.15) is 6.04 Å². The highest BCUT2D eigenvalue weighted by molar-refractivity contribution is 5.84. The molecule has 1 N–H and O–H groups in total. The third-order valence-electron chi connectivity index (χ3n) is 16.6. The molecule has 1 unspecified atom stereocenters. The van der Waals surface area contributed by atoms with Crippen LogP contribution in [0.2, 0.25) is 0 Å². The highest BCUT2D eigenvalue weighted by atomic mass is 16.5. The first-order valence-corrected chi connectivity index (χ1v) is 19.2. The summed E-state index contributed by atoms with van der Waals surface area (Å²) in [5.41, 5.74) is 2.34. The van der Waals surface area contributed by atoms with Gasteiger partial charge in [0.05, 0.1) is 11.5 Å². The minimum atomic E-state index is -0.357. The third-order valence-corrected chi connectivity index (χ3v) is 16.6. The van der Waals surface area contributed by atoms with Gasteiger partial charge in [0.2, 0.25) is 17.6 Å². The maximum atomic E-state index is 15.3. The zero-order valence-electron chi connectivity index (χ0n) is 30.3. The van der Waals surface area contributed by atoms with Gasteiger partial charge in [-0.1, -0.05) is 51.9 Å². The van der Waals surface area contributed by atoms with Gasteiger partial charge in [0.25, 0.3) is 0 Å². The molecule has 6 aliphatic rings. The van der Waals surface area contributed by atoms with Crippen molar-refractivity contribution in [3.63, 3.8) is 0 Å². The molecule has 0 spiro atoms. The van der Waals surface area contributed by atoms with Crippen molar-refractivity contribution in [1.82, 2.24) is 20.0 Å². The molecule has 1 amide bonds. The Morgan fingerprint density at radius 2 is 1.77 bits per heavy atom. The van der Waals surface area contributed by atoms with E-state index in [0.717, 1.165) is 63.5 Å². The highest BCUT2D eigenvalue weighted by Crippen LogP contribution is 2.77. The molecule has 260 valence electrons. The topological polar surface area (TPSA) is 92.4 Å². The van der Waals surface area contributed by atoms with Crippen LogP contribution < -0.4 is 0 Å². The highest BCUT2D eigenvalue weighted by Gasteiger charge is 2.72. The van der Waals surface area contributed by atoms with Crippen molar-refractivity contribution in [3.05, 3.63) is 42.6 Å². The Kier molecular flexibility index (Phi) is 7.47. The van der Waals surface area contributed by atoms with Crippen LogP contribution in [0.3, 0.4) is 0 Å². The van der Waals surface area contributed by atoms with E-state index >= 15 is 4.79 Å². The smallest absolute Gasteiger partial charge is 0.249 e. The molecular formula is C41H58N4O3. The zero-order chi connectivity index (χ0) is 33.9. The van der Waals surface area contributed by atoms with E-state index in [1.54, 1.807) is 12.4 Å². The van der Waals surface area contributed by atoms with Gasteiger partial charge in [-0.2, -0.15) is 4.98 Å². The van der Waals surface area contributed by atoms with E-state index in [1.807, 2.05) is 12.1 Å². The maximum absolute atomic E-state index is 15.3. The van der Waals surface area contributed by atoms with Crippen molar-refractivity contribution in [2.24, 2.45) is 56.7 Å². The fourth-order valence-corrected chi connectivity index (χ4v) is 14.0. The number of carbonyl (C=O) groups excluding carboxylic acids is 1. The second-order valence-electron chi connectivity index (χ2n) is 18.6. The number of amides is 1. The molecule has 1 saturated heterocycles. The van der Waals surface area contributed by atoms with Gasteiger partial charge in [-0.3, -0.25) is 9.78 Å². The molecule has 48 heavy (non-hydrogen) atoms. The van der Waals surface area contributed by atoms with Crippen molar-refractivity contribution < 1.29 is 14.4 Å². The van der Waals surface area contributed by atoms with Crippen molar-refractivity contribution >= 4 is 5.91 Å². The fraction of sp³-hybridized carbons (Fsp3) is 0.756. The normalized spacial score (nSPS) is 44.7. The zero-order valence-corrected chi connectivity index (χ0v) is 30.3. The second kappa shape index (κ2) is 11.0. The number of allylic oxidation sites excluding steroid dienone is 1. The lowest BCUT2D eigenvalue weighted by molar-refractivity contribution is -0.247. The third kappa shape index (κ3) is 4.27. The van der Waals surface area contributed by atoms with Crippen LogP contribution in [-0.2, 0) is 4.79 Å². The first-order chi connectivity index (χ1) is 22.8. The van der Waals surface area contributed by atoms with Crippen LogP contribution in [0, 0.1) is 56.7 Å². The van der Waals surface area contributed by atoms with E-state index in [0.29, 0.717) is 47.2 Å². The van der Waals surface area contributed by atoms with Crippen molar-refractivity contribution in [3.8, 4) is 11.4 Å². The Bertz CT molecular complexity index is 1590. The molecule has 7 nitrogen and oxygen atoms in total. The van der Waals surface area contributed by atoms with Crippen LogP contribution in [0.25, 0.3) is 11.4 Å². The van der Waals surface area contributed by atoms with Crippen LogP contribution in [0.15, 0.2) is 41.2 Å². The Labute approximate surface area is 287 Å². The van der Waals surface area contributed by atoms with Crippen LogP contribution >= 0.6 is 0 Å². The van der Waals surface area contributed by atoms with E-state index in [9.17, 15) is 5.11 Å². The molecule has 5 aliphatic carbocycles. The summed E-state index contributed by atoms with van der Waals surface area (Å²) in [5, 5.41) is 15.4. The van der Waals surface area contributed by atoms with Crippen molar-refractivity contribution in [2.45, 2.75) is 131 Å². The fourth-order valence-electron chi connectivity index (χ4n) is 14.0. The van der Waals surface area contributed by atoms with Crippen molar-refractivity contribution in [2.75, 3.05) is 6.54 Å². The quantitative estimate of drug-likeness (QED) is 0.331. The number of carbonyl (C=O) groups is 1. The summed E-state index contributed by atoms with van der Waals surface area (Å²) in [6.45, 7) is 20.1. The van der Waals surface area contributed by atoms with E-state index in [4.69, 9.17) is 9.51 Å². The predicted molar refractivity (Wildman–Crippen MR) is 186 cm³/mol. The van der Waals surface area contributed by atoms with Gasteiger partial charge in [0.15, 0.2) is 0 Å². The summed E-state index contributed by atoms with van der Waals surface area (Å²) in [4.78, 5) is 26.5. The van der Waals surface area contributed by atoms with Gasteiger partial charge in [0, 0.05) is 24.5 Å². The number of hydrogen-bond acceptors (Lipinski definition) is 6. The lowest BCUT2D eigenvalue weighted by Crippen LogP contribution is -2.67. The molecule has 11 atom stereocenters. The standard InChI is InChI=1S/C41H58N4O3/c1-25(2)27-14-19-41(36(47)45-23-9-11-29(45)35-43-34(44-48-35)26-10-8-22-42-24-26)21-20-39(6)28(33(27)41)12-13-31-38(5)17-16-32(46)37(3,4)30(38)15-18-40(31,39)7/h8,10,22,24,27-33,46H,1,9,11-21,23H2,2-7H3/t27-,28+,29?,30-,31+,32-,33+,38-,39+,40+,41-/m0/s1. The molecule has 3 heterocycles. The summed E-state index contributed by atoms with van der Waals surface area (Å²) in [5.74, 6) is 3.86. The molecule has 0 radical (unpaired) electrons. The number of fused-ring (bicyclic) bond motifs is 7. The molecule has 7 heteroatoms. The number of nitrogens with zero attached hydrogens (tertiary/aromatic N) is 4. The van der Waals surface area contributed by atoms with Crippen LogP contribution in [0.5, 0.6) is 0 Å². The Balaban J connectivity index is 1.12. The van der Waals surface area contributed by atoms with Gasteiger partial charge >= 0.3 is 0 Å². The molecule has 5 saturated carbocycles. The maximum Gasteiger partial charge on any atom is 0.249 e. The second-order valence-corrected chi connectivity index (χ2v) is 18.6. The van der Waals surface area contributed by atoms with Crippen LogP contribution in [0.4, 0.5) is 0 Å². The predicted octanol–water partition coefficient (Wildman–Crippen LogP) is 8.81. The summed E-state index contributed by atoms with van der Waals surface area (Å²) < 4.78 is 5.87. The minimum Gasteiger partial charge on any atom is -0.393 e. The van der Waals surface area contributed by atoms with E-state index in [2.05, 4.69) is 63.2 Å². The summed E-state index contributed by atoms with van der Waals surface area (Å²) in [6, 6.07) is 3.65. The molecule has 1 aliphatic heterocycles. The Morgan fingerprint density at radius 1 is 0.958 bits per heavy atom. The lowest BCUT2D eigenvalue weighted by Gasteiger charge is -2.73. The van der Waals surface area contributed by atoms with Gasteiger partial charge in [-0.15, -0.1) is 0 Å². The molecule has 6 fully saturated rings. The van der Waals surface area contributed by atoms with Crippen LogP contribution in [-0.4, -0.2) is 43.7 Å². The Morgan fingerprint density at radius 3 is 2.52 bits per heavy atom. The SMILES string of the molecule is C=C(C)[C@@H]1CC[C@]2(C(=O)N3CCCC3c3nc(-c4cccnc4)no3)CC[C@]3(C)[C@H](CC[C@@H]4[C@@]5(C)CC[C@H](O)C(C)(C)[C@@H]5CC[C@]43C)[C@@H]12. The number of hydrogen-bond donors (Lipinski definition) is 1. The largest absolute Gasteiger partial charge is 0.393 e. The number of aliphatic hydroxyl groups excluding tert-OH is 1. The first kappa shape index (κ1) is 32.7. The minimum absolute atomic E-state index is 0.0416. The van der Waals surface area contributed by atoms with E-state index in [1.165, 1.54) is 31.3 Å². The summed E-state index contributed by atoms with van der Waals surface area (Å²) in [6.07, 6.45) is 16.2. The van der Waals surface area contributed by atoms with E-state index in [-0.39, 0.29) is 39.2 Å². The average molecular weight is 655 g/mol. The number of likely N-dealkylation sites (tertiary alicyclic amines) is 1. The number of aliphatic hydroxyl groups is 1. The number of pyridine rings is 1. The van der Waals surface area contributed by atoms with Gasteiger partial charge < -0.3 is 14.5 Å². The summed E-state index contributed by atoms with van der Waals surface area (Å²) in [7, 11) is 0. The molecular weight excluding hydrogens is 596 g/mol. The number of rotatable bonds is 4. The van der Waals surface area contributed by atoms with Gasteiger partial charge in [-0.25, -0.2) is 0 Å². The Hall–Kier alpha value is -2.54. The molecule has 2 aromatic rings. The number of aromatic nitrogens is 3. The molecule has 0 bridgehead atoms. The lowest BCUT2D eigenvalue weighted by atomic mass is 9.32. The van der Waals surface area contributed by atoms with E-state index < -0.39 is 0 Å².